The van der Waals surface area contributed by atoms with Gasteiger partial charge in [0.05, 0.1) is 4.90 Å². The number of hydrogen-bond acceptors (Lipinski definition) is 4. The minimum atomic E-state index is -3.12. The van der Waals surface area contributed by atoms with Crippen LogP contribution in [0.5, 0.6) is 0 Å². The van der Waals surface area contributed by atoms with Crippen molar-refractivity contribution in [2.45, 2.75) is 17.9 Å². The third-order valence-corrected chi connectivity index (χ3v) is 3.48. The van der Waals surface area contributed by atoms with Crippen molar-refractivity contribution >= 4 is 9.84 Å². The molecule has 0 amide bonds. The van der Waals surface area contributed by atoms with Gasteiger partial charge < -0.3 is 5.32 Å². The zero-order valence-electron chi connectivity index (χ0n) is 10.2. The third-order valence-electron chi connectivity index (χ3n) is 2.36. The standard InChI is InChI=1S/C11H16N4O2S/c1-18(16,17)11-5-3-10(4-6-11)9-13-7-2-8-14-15-12/h3-6,13H,2,7-9H2,1H3. The molecule has 0 bridgehead atoms. The van der Waals surface area contributed by atoms with Gasteiger partial charge in [-0.3, -0.25) is 0 Å². The molecule has 98 valence electrons. The van der Waals surface area contributed by atoms with Crippen molar-refractivity contribution < 1.29 is 8.42 Å². The predicted octanol–water partition coefficient (Wildman–Crippen LogP) is 1.88. The first-order valence-corrected chi connectivity index (χ1v) is 7.44. The molecule has 6 nitrogen and oxygen atoms in total. The Labute approximate surface area is 107 Å². The molecule has 1 N–H and O–H groups in total. The fourth-order valence-corrected chi connectivity index (χ4v) is 2.04. The van der Waals surface area contributed by atoms with Gasteiger partial charge in [0, 0.05) is 24.3 Å². The normalized spacial score (nSPS) is 10.9. The van der Waals surface area contributed by atoms with E-state index in [9.17, 15) is 8.42 Å². The molecule has 18 heavy (non-hydrogen) atoms. The van der Waals surface area contributed by atoms with Crippen LogP contribution in [0.4, 0.5) is 0 Å². The topological polar surface area (TPSA) is 94.9 Å². The van der Waals surface area contributed by atoms with Crippen LogP contribution in [-0.2, 0) is 16.4 Å². The summed E-state index contributed by atoms with van der Waals surface area (Å²) in [7, 11) is -3.12. The van der Waals surface area contributed by atoms with Crippen LogP contribution < -0.4 is 5.32 Å². The van der Waals surface area contributed by atoms with E-state index in [1.807, 2.05) is 0 Å². The van der Waals surface area contributed by atoms with Crippen LogP contribution in [0.25, 0.3) is 10.4 Å². The van der Waals surface area contributed by atoms with Crippen molar-refractivity contribution in [3.05, 3.63) is 40.3 Å². The summed E-state index contributed by atoms with van der Waals surface area (Å²) in [6.45, 7) is 1.91. The number of nitrogens with one attached hydrogen (secondary N) is 1. The van der Waals surface area contributed by atoms with Crippen molar-refractivity contribution in [3.8, 4) is 0 Å². The zero-order chi connectivity index (χ0) is 13.4. The summed E-state index contributed by atoms with van der Waals surface area (Å²) in [6, 6.07) is 6.78. The van der Waals surface area contributed by atoms with E-state index >= 15 is 0 Å². The lowest BCUT2D eigenvalue weighted by atomic mass is 10.2. The molecule has 0 heterocycles. The van der Waals surface area contributed by atoms with Gasteiger partial charge in [0.2, 0.25) is 0 Å². The maximum atomic E-state index is 11.2. The Morgan fingerprint density at radius 3 is 2.56 bits per heavy atom. The lowest BCUT2D eigenvalue weighted by Gasteiger charge is -2.04. The van der Waals surface area contributed by atoms with E-state index in [1.165, 1.54) is 6.26 Å². The summed E-state index contributed by atoms with van der Waals surface area (Å²) in [4.78, 5) is 2.99. The first kappa shape index (κ1) is 14.5. The van der Waals surface area contributed by atoms with Crippen LogP contribution in [0.3, 0.4) is 0 Å². The van der Waals surface area contributed by atoms with Crippen LogP contribution in [0.2, 0.25) is 0 Å². The monoisotopic (exact) mass is 268 g/mol. The van der Waals surface area contributed by atoms with Crippen molar-refractivity contribution in [2.24, 2.45) is 5.11 Å². The third kappa shape index (κ3) is 5.18. The molecular formula is C11H16N4O2S. The highest BCUT2D eigenvalue weighted by molar-refractivity contribution is 7.90. The Kier molecular flexibility index (Phi) is 5.64. The Morgan fingerprint density at radius 1 is 1.33 bits per heavy atom. The van der Waals surface area contributed by atoms with E-state index in [4.69, 9.17) is 5.53 Å². The highest BCUT2D eigenvalue weighted by Crippen LogP contribution is 2.09. The molecule has 0 atom stereocenters. The molecule has 0 saturated heterocycles. The summed E-state index contributed by atoms with van der Waals surface area (Å²) in [5.41, 5.74) is 9.10. The van der Waals surface area contributed by atoms with Crippen molar-refractivity contribution in [3.63, 3.8) is 0 Å². The molecule has 7 heteroatoms. The number of rotatable bonds is 7. The van der Waals surface area contributed by atoms with E-state index in [2.05, 4.69) is 15.3 Å². The van der Waals surface area contributed by atoms with Crippen LogP contribution in [-0.4, -0.2) is 27.8 Å². The first-order valence-electron chi connectivity index (χ1n) is 5.54. The Hall–Kier alpha value is -1.56. The minimum Gasteiger partial charge on any atom is -0.313 e. The summed E-state index contributed by atoms with van der Waals surface area (Å²) in [5.74, 6) is 0. The van der Waals surface area contributed by atoms with Crippen LogP contribution >= 0.6 is 0 Å². The maximum Gasteiger partial charge on any atom is 0.175 e. The number of benzene rings is 1. The summed E-state index contributed by atoms with van der Waals surface area (Å²) in [6.07, 6.45) is 1.97. The van der Waals surface area contributed by atoms with Gasteiger partial charge in [-0.05, 0) is 36.2 Å². The fourth-order valence-electron chi connectivity index (χ4n) is 1.41. The van der Waals surface area contributed by atoms with Gasteiger partial charge in [0.25, 0.3) is 0 Å². The smallest absolute Gasteiger partial charge is 0.175 e. The Balaban J connectivity index is 2.38. The van der Waals surface area contributed by atoms with Crippen molar-refractivity contribution in [2.75, 3.05) is 19.3 Å². The van der Waals surface area contributed by atoms with Gasteiger partial charge in [-0.2, -0.15) is 0 Å². The molecule has 1 rings (SSSR count). The largest absolute Gasteiger partial charge is 0.313 e. The SMILES string of the molecule is CS(=O)(=O)c1ccc(CNCCCN=[N+]=[N-])cc1. The van der Waals surface area contributed by atoms with Gasteiger partial charge >= 0.3 is 0 Å². The highest BCUT2D eigenvalue weighted by atomic mass is 32.2. The number of nitrogens with zero attached hydrogens (tertiary/aromatic N) is 3. The Morgan fingerprint density at radius 2 is 2.00 bits per heavy atom. The summed E-state index contributed by atoms with van der Waals surface area (Å²) >= 11 is 0. The van der Waals surface area contributed by atoms with Crippen LogP contribution in [0, 0.1) is 0 Å². The molecule has 0 fully saturated rings. The molecule has 0 radical (unpaired) electrons. The summed E-state index contributed by atoms with van der Waals surface area (Å²) < 4.78 is 22.5. The van der Waals surface area contributed by atoms with Crippen molar-refractivity contribution in [1.82, 2.24) is 5.32 Å². The van der Waals surface area contributed by atoms with Crippen molar-refractivity contribution in [1.29, 1.82) is 0 Å². The van der Waals surface area contributed by atoms with E-state index in [0.29, 0.717) is 18.0 Å². The quantitative estimate of drug-likeness (QED) is 0.354. The van der Waals surface area contributed by atoms with Gasteiger partial charge in [-0.15, -0.1) is 0 Å². The molecule has 0 aromatic heterocycles. The molecule has 0 aliphatic heterocycles. The van der Waals surface area contributed by atoms with E-state index in [-0.39, 0.29) is 0 Å². The fraction of sp³-hybridized carbons (Fsp3) is 0.455. The number of azide groups is 1. The van der Waals surface area contributed by atoms with Crippen LogP contribution in [0.1, 0.15) is 12.0 Å². The summed E-state index contributed by atoms with van der Waals surface area (Å²) in [5, 5.41) is 6.61. The lowest BCUT2D eigenvalue weighted by molar-refractivity contribution is 0.601. The van der Waals surface area contributed by atoms with Gasteiger partial charge in [0.1, 0.15) is 0 Å². The lowest BCUT2D eigenvalue weighted by Crippen LogP contribution is -2.15. The molecule has 1 aromatic carbocycles. The molecular weight excluding hydrogens is 252 g/mol. The molecule has 1 aromatic rings. The average molecular weight is 268 g/mol. The highest BCUT2D eigenvalue weighted by Gasteiger charge is 2.05. The second kappa shape index (κ2) is 7.00. The number of sulfone groups is 1. The first-order chi connectivity index (χ1) is 8.54. The average Bonchev–Trinajstić information content (AvgIpc) is 2.33. The molecule has 0 saturated carbocycles. The van der Waals surface area contributed by atoms with Gasteiger partial charge in [0.15, 0.2) is 9.84 Å². The van der Waals surface area contributed by atoms with E-state index in [0.717, 1.165) is 18.5 Å². The second-order valence-electron chi connectivity index (χ2n) is 3.90. The minimum absolute atomic E-state index is 0.328. The molecule has 0 spiro atoms. The van der Waals surface area contributed by atoms with E-state index < -0.39 is 9.84 Å². The molecule has 0 aliphatic carbocycles. The van der Waals surface area contributed by atoms with Crippen LogP contribution in [0.15, 0.2) is 34.3 Å². The molecule has 0 aliphatic rings. The Bertz CT molecular complexity index is 518. The predicted molar refractivity (Wildman–Crippen MR) is 69.9 cm³/mol. The zero-order valence-corrected chi connectivity index (χ0v) is 11.0. The van der Waals surface area contributed by atoms with E-state index in [1.54, 1.807) is 24.3 Å². The van der Waals surface area contributed by atoms with Gasteiger partial charge in [-0.1, -0.05) is 17.2 Å². The second-order valence-corrected chi connectivity index (χ2v) is 5.92. The molecule has 0 unspecified atom stereocenters. The maximum absolute atomic E-state index is 11.2. The van der Waals surface area contributed by atoms with Gasteiger partial charge in [-0.25, -0.2) is 8.42 Å². The number of hydrogen-bond donors (Lipinski definition) is 1.